The van der Waals surface area contributed by atoms with E-state index in [0.717, 1.165) is 15.6 Å². The molecule has 2 rings (SSSR count). The largest absolute Gasteiger partial charge is 0.413 e. The average molecular weight is 414 g/mol. The Morgan fingerprint density at radius 2 is 1.92 bits per heavy atom. The van der Waals surface area contributed by atoms with E-state index in [4.69, 9.17) is 9.16 Å². The van der Waals surface area contributed by atoms with E-state index in [9.17, 15) is 4.79 Å². The summed E-state index contributed by atoms with van der Waals surface area (Å²) in [5.41, 5.74) is 1.68. The Kier molecular flexibility index (Phi) is 6.28. The minimum absolute atomic E-state index is 0.0691. The van der Waals surface area contributed by atoms with Gasteiger partial charge in [0, 0.05) is 23.1 Å². The molecule has 0 atom stereocenters. The number of carbonyl (C=O) groups is 1. The Morgan fingerprint density at radius 3 is 2.50 bits per heavy atom. The Balaban J connectivity index is 2.20. The second kappa shape index (κ2) is 7.68. The molecular formula is C18H28BrNO3Si. The summed E-state index contributed by atoms with van der Waals surface area (Å²) in [6, 6.07) is 5.82. The first-order valence-corrected chi connectivity index (χ1v) is 12.1. The standard InChI is InChI=1S/C18H28BrNO3Si/c1-18(2,3)24(4,5)23-13-14-12-15(19)6-7-16(14)17(21)20-8-10-22-11-9-20/h6-7,12H,8-11,13H2,1-5H3. The van der Waals surface area contributed by atoms with Crippen LogP contribution in [0.2, 0.25) is 18.1 Å². The van der Waals surface area contributed by atoms with E-state index in [-0.39, 0.29) is 10.9 Å². The molecule has 1 aliphatic rings. The van der Waals surface area contributed by atoms with E-state index in [2.05, 4.69) is 49.8 Å². The van der Waals surface area contributed by atoms with Crippen LogP contribution in [-0.4, -0.2) is 45.4 Å². The number of morpholine rings is 1. The van der Waals surface area contributed by atoms with Gasteiger partial charge in [-0.25, -0.2) is 0 Å². The summed E-state index contributed by atoms with van der Waals surface area (Å²) in [4.78, 5) is 14.7. The molecule has 24 heavy (non-hydrogen) atoms. The number of carbonyl (C=O) groups excluding carboxylic acids is 1. The highest BCUT2D eigenvalue weighted by Gasteiger charge is 2.37. The first-order chi connectivity index (χ1) is 11.1. The lowest BCUT2D eigenvalue weighted by Gasteiger charge is -2.36. The topological polar surface area (TPSA) is 38.8 Å². The molecule has 0 aliphatic carbocycles. The van der Waals surface area contributed by atoms with Gasteiger partial charge in [0.1, 0.15) is 0 Å². The van der Waals surface area contributed by atoms with E-state index >= 15 is 0 Å². The van der Waals surface area contributed by atoms with Crippen LogP contribution in [0.5, 0.6) is 0 Å². The van der Waals surface area contributed by atoms with Crippen molar-refractivity contribution in [2.75, 3.05) is 26.3 Å². The molecule has 1 aromatic carbocycles. The van der Waals surface area contributed by atoms with Crippen molar-refractivity contribution in [1.29, 1.82) is 0 Å². The fourth-order valence-corrected chi connectivity index (χ4v) is 3.66. The molecule has 1 heterocycles. The van der Waals surface area contributed by atoms with Crippen LogP contribution in [0.25, 0.3) is 0 Å². The second-order valence-corrected chi connectivity index (χ2v) is 13.5. The molecule has 0 spiro atoms. The molecule has 1 fully saturated rings. The minimum atomic E-state index is -1.86. The van der Waals surface area contributed by atoms with Gasteiger partial charge in [0.25, 0.3) is 5.91 Å². The van der Waals surface area contributed by atoms with Crippen molar-refractivity contribution >= 4 is 30.2 Å². The van der Waals surface area contributed by atoms with Gasteiger partial charge in [-0.3, -0.25) is 4.79 Å². The van der Waals surface area contributed by atoms with E-state index < -0.39 is 8.32 Å². The molecule has 0 aromatic heterocycles. The predicted octanol–water partition coefficient (Wildman–Crippen LogP) is 4.44. The summed E-state index contributed by atoms with van der Waals surface area (Å²) >= 11 is 3.51. The number of rotatable bonds is 4. The Labute approximate surface area is 154 Å². The molecule has 1 aromatic rings. The van der Waals surface area contributed by atoms with Crippen LogP contribution in [0, 0.1) is 0 Å². The normalized spacial score (nSPS) is 16.3. The maximum atomic E-state index is 12.9. The van der Waals surface area contributed by atoms with Gasteiger partial charge in [-0.15, -0.1) is 0 Å². The van der Waals surface area contributed by atoms with Crippen LogP contribution in [0.3, 0.4) is 0 Å². The highest BCUT2D eigenvalue weighted by atomic mass is 79.9. The Morgan fingerprint density at radius 1 is 1.29 bits per heavy atom. The fraction of sp³-hybridized carbons (Fsp3) is 0.611. The number of ether oxygens (including phenoxy) is 1. The lowest BCUT2D eigenvalue weighted by atomic mass is 10.1. The smallest absolute Gasteiger partial charge is 0.254 e. The van der Waals surface area contributed by atoms with Crippen LogP contribution in [0.15, 0.2) is 22.7 Å². The lowest BCUT2D eigenvalue weighted by molar-refractivity contribution is 0.0301. The molecular weight excluding hydrogens is 386 g/mol. The van der Waals surface area contributed by atoms with Crippen LogP contribution in [-0.2, 0) is 15.8 Å². The van der Waals surface area contributed by atoms with Crippen LogP contribution < -0.4 is 0 Å². The van der Waals surface area contributed by atoms with Crippen molar-refractivity contribution < 1.29 is 14.0 Å². The zero-order valence-corrected chi connectivity index (χ0v) is 17.9. The first-order valence-electron chi connectivity index (χ1n) is 8.41. The maximum Gasteiger partial charge on any atom is 0.254 e. The summed E-state index contributed by atoms with van der Waals surface area (Å²) in [5, 5.41) is 0.146. The fourth-order valence-electron chi connectivity index (χ4n) is 2.30. The predicted molar refractivity (Wildman–Crippen MR) is 103 cm³/mol. The van der Waals surface area contributed by atoms with Gasteiger partial charge in [-0.2, -0.15) is 0 Å². The summed E-state index contributed by atoms with van der Waals surface area (Å²) < 4.78 is 12.6. The number of nitrogens with zero attached hydrogens (tertiary/aromatic N) is 1. The summed E-state index contributed by atoms with van der Waals surface area (Å²) in [6.45, 7) is 14.1. The Hall–Kier alpha value is -0.693. The SMILES string of the molecule is CC(C)(C)[Si](C)(C)OCc1cc(Br)ccc1C(=O)N1CCOCC1. The minimum Gasteiger partial charge on any atom is -0.413 e. The van der Waals surface area contributed by atoms with E-state index in [0.29, 0.717) is 32.9 Å². The summed E-state index contributed by atoms with van der Waals surface area (Å²) in [7, 11) is -1.86. The first kappa shape index (κ1) is 19.6. The van der Waals surface area contributed by atoms with E-state index in [1.807, 2.05) is 23.1 Å². The molecule has 0 radical (unpaired) electrons. The van der Waals surface area contributed by atoms with Crippen molar-refractivity contribution in [1.82, 2.24) is 4.90 Å². The molecule has 0 saturated carbocycles. The lowest BCUT2D eigenvalue weighted by Crippen LogP contribution is -2.42. The van der Waals surface area contributed by atoms with Gasteiger partial charge >= 0.3 is 0 Å². The number of benzene rings is 1. The van der Waals surface area contributed by atoms with Gasteiger partial charge in [-0.1, -0.05) is 36.7 Å². The number of hydrogen-bond acceptors (Lipinski definition) is 3. The van der Waals surface area contributed by atoms with Crippen LogP contribution in [0.4, 0.5) is 0 Å². The molecule has 6 heteroatoms. The zero-order chi connectivity index (χ0) is 18.0. The highest BCUT2D eigenvalue weighted by molar-refractivity contribution is 9.10. The summed E-state index contributed by atoms with van der Waals surface area (Å²) in [5.74, 6) is 0.0691. The summed E-state index contributed by atoms with van der Waals surface area (Å²) in [6.07, 6.45) is 0. The van der Waals surface area contributed by atoms with Gasteiger partial charge in [0.05, 0.1) is 19.8 Å². The van der Waals surface area contributed by atoms with Crippen molar-refractivity contribution in [3.05, 3.63) is 33.8 Å². The molecule has 1 saturated heterocycles. The number of halogens is 1. The maximum absolute atomic E-state index is 12.9. The molecule has 134 valence electrons. The molecule has 0 bridgehead atoms. The number of amides is 1. The van der Waals surface area contributed by atoms with Crippen molar-refractivity contribution in [3.8, 4) is 0 Å². The monoisotopic (exact) mass is 413 g/mol. The Bertz CT molecular complexity index is 592. The van der Waals surface area contributed by atoms with Gasteiger partial charge < -0.3 is 14.1 Å². The van der Waals surface area contributed by atoms with Crippen LogP contribution >= 0.6 is 15.9 Å². The second-order valence-electron chi connectivity index (χ2n) is 7.76. The third-order valence-electron chi connectivity index (χ3n) is 4.99. The van der Waals surface area contributed by atoms with Gasteiger partial charge in [-0.05, 0) is 41.9 Å². The average Bonchev–Trinajstić information content (AvgIpc) is 2.52. The van der Waals surface area contributed by atoms with Gasteiger partial charge in [0.2, 0.25) is 0 Å². The molecule has 4 nitrogen and oxygen atoms in total. The van der Waals surface area contributed by atoms with Crippen molar-refractivity contribution in [3.63, 3.8) is 0 Å². The number of hydrogen-bond donors (Lipinski definition) is 0. The third-order valence-corrected chi connectivity index (χ3v) is 9.96. The quantitative estimate of drug-likeness (QED) is 0.684. The molecule has 0 unspecified atom stereocenters. The van der Waals surface area contributed by atoms with E-state index in [1.54, 1.807) is 0 Å². The molecule has 1 amide bonds. The van der Waals surface area contributed by atoms with Crippen molar-refractivity contribution in [2.45, 2.75) is 45.5 Å². The third kappa shape index (κ3) is 4.68. The van der Waals surface area contributed by atoms with Crippen LogP contribution in [0.1, 0.15) is 36.7 Å². The van der Waals surface area contributed by atoms with Crippen molar-refractivity contribution in [2.24, 2.45) is 0 Å². The zero-order valence-electron chi connectivity index (χ0n) is 15.3. The van der Waals surface area contributed by atoms with Gasteiger partial charge in [0.15, 0.2) is 8.32 Å². The highest BCUT2D eigenvalue weighted by Crippen LogP contribution is 2.37. The van der Waals surface area contributed by atoms with E-state index in [1.165, 1.54) is 0 Å². The molecule has 0 N–H and O–H groups in total. The molecule has 1 aliphatic heterocycles.